The molecule has 1 aliphatic rings. The molecule has 1 aromatic carbocycles. The Hall–Kier alpha value is -0.900. The minimum atomic E-state index is 0.423. The van der Waals surface area contributed by atoms with Crippen LogP contribution in [0.3, 0.4) is 0 Å². The first-order valence-corrected chi connectivity index (χ1v) is 7.62. The third kappa shape index (κ3) is 3.22. The van der Waals surface area contributed by atoms with Crippen LogP contribution in [0.4, 0.5) is 0 Å². The van der Waals surface area contributed by atoms with Crippen molar-refractivity contribution in [3.63, 3.8) is 0 Å². The van der Waals surface area contributed by atoms with Gasteiger partial charge < -0.3 is 10.5 Å². The molecule has 0 saturated carbocycles. The van der Waals surface area contributed by atoms with E-state index in [1.165, 1.54) is 27.8 Å². The molecule has 3 nitrogen and oxygen atoms in total. The second-order valence-corrected chi connectivity index (χ2v) is 6.02. The first-order chi connectivity index (χ1) is 9.54. The zero-order valence-corrected chi connectivity index (χ0v) is 13.3. The molecule has 0 aliphatic carbocycles. The molecule has 0 bridgehead atoms. The van der Waals surface area contributed by atoms with Gasteiger partial charge in [-0.05, 0) is 55.5 Å². The largest absolute Gasteiger partial charge is 0.379 e. The van der Waals surface area contributed by atoms with Gasteiger partial charge in [0.15, 0.2) is 0 Å². The second kappa shape index (κ2) is 6.70. The second-order valence-electron chi connectivity index (χ2n) is 6.02. The number of nitrogens with zero attached hydrogens (tertiary/aromatic N) is 1. The molecule has 3 heteroatoms. The minimum absolute atomic E-state index is 0.423. The quantitative estimate of drug-likeness (QED) is 0.917. The lowest BCUT2D eigenvalue weighted by atomic mass is 9.85. The van der Waals surface area contributed by atoms with E-state index in [1.54, 1.807) is 0 Å². The zero-order valence-electron chi connectivity index (χ0n) is 13.3. The molecule has 112 valence electrons. The Balaban J connectivity index is 2.26. The summed E-state index contributed by atoms with van der Waals surface area (Å²) in [5, 5.41) is 0. The van der Waals surface area contributed by atoms with Crippen LogP contribution < -0.4 is 5.73 Å². The van der Waals surface area contributed by atoms with Crippen LogP contribution in [0.15, 0.2) is 6.07 Å². The molecule has 1 aliphatic heterocycles. The fraction of sp³-hybridized carbons (Fsp3) is 0.647. The maximum atomic E-state index is 6.10. The third-order valence-corrected chi connectivity index (χ3v) is 4.70. The molecular formula is C17H28N2O. The summed E-state index contributed by atoms with van der Waals surface area (Å²) in [5.74, 6) is 0.423. The van der Waals surface area contributed by atoms with E-state index in [1.807, 2.05) is 0 Å². The molecule has 1 unspecified atom stereocenters. The topological polar surface area (TPSA) is 38.5 Å². The van der Waals surface area contributed by atoms with Gasteiger partial charge in [0.2, 0.25) is 0 Å². The van der Waals surface area contributed by atoms with Gasteiger partial charge in [0.25, 0.3) is 0 Å². The van der Waals surface area contributed by atoms with Gasteiger partial charge in [0.1, 0.15) is 0 Å². The van der Waals surface area contributed by atoms with Crippen molar-refractivity contribution in [3.8, 4) is 0 Å². The van der Waals surface area contributed by atoms with Crippen molar-refractivity contribution >= 4 is 0 Å². The van der Waals surface area contributed by atoms with Gasteiger partial charge in [-0.15, -0.1) is 0 Å². The number of hydrogen-bond donors (Lipinski definition) is 1. The molecule has 1 aromatic rings. The summed E-state index contributed by atoms with van der Waals surface area (Å²) in [6.07, 6.45) is 0. The van der Waals surface area contributed by atoms with Gasteiger partial charge >= 0.3 is 0 Å². The first kappa shape index (κ1) is 15.5. The summed E-state index contributed by atoms with van der Waals surface area (Å²) in [4.78, 5) is 2.48. The molecule has 20 heavy (non-hydrogen) atoms. The van der Waals surface area contributed by atoms with E-state index in [9.17, 15) is 0 Å². The molecule has 1 heterocycles. The lowest BCUT2D eigenvalue weighted by Gasteiger charge is -2.32. The number of morpholine rings is 1. The first-order valence-electron chi connectivity index (χ1n) is 7.62. The summed E-state index contributed by atoms with van der Waals surface area (Å²) in [5.41, 5.74) is 13.2. The van der Waals surface area contributed by atoms with Crippen molar-refractivity contribution in [3.05, 3.63) is 33.9 Å². The Morgan fingerprint density at radius 3 is 2.15 bits per heavy atom. The van der Waals surface area contributed by atoms with Gasteiger partial charge in [-0.2, -0.15) is 0 Å². The maximum absolute atomic E-state index is 6.10. The number of benzene rings is 1. The van der Waals surface area contributed by atoms with Crippen LogP contribution in [0, 0.1) is 27.7 Å². The van der Waals surface area contributed by atoms with E-state index in [0.717, 1.165) is 32.8 Å². The third-order valence-electron chi connectivity index (χ3n) is 4.70. The summed E-state index contributed by atoms with van der Waals surface area (Å²) in [6, 6.07) is 2.29. The molecule has 0 spiro atoms. The van der Waals surface area contributed by atoms with Crippen molar-refractivity contribution in [2.75, 3.05) is 39.4 Å². The molecule has 1 saturated heterocycles. The predicted octanol–water partition coefficient (Wildman–Crippen LogP) is 2.29. The molecule has 0 aromatic heterocycles. The van der Waals surface area contributed by atoms with Crippen molar-refractivity contribution in [1.82, 2.24) is 4.90 Å². The maximum Gasteiger partial charge on any atom is 0.0594 e. The molecule has 2 N–H and O–H groups in total. The van der Waals surface area contributed by atoms with E-state index in [0.29, 0.717) is 12.5 Å². The highest BCUT2D eigenvalue weighted by molar-refractivity contribution is 5.46. The number of hydrogen-bond acceptors (Lipinski definition) is 3. The molecular weight excluding hydrogens is 248 g/mol. The highest BCUT2D eigenvalue weighted by atomic mass is 16.5. The van der Waals surface area contributed by atoms with Crippen LogP contribution in [-0.4, -0.2) is 44.3 Å². The Bertz CT molecular complexity index is 438. The van der Waals surface area contributed by atoms with E-state index >= 15 is 0 Å². The number of rotatable bonds is 4. The van der Waals surface area contributed by atoms with Crippen molar-refractivity contribution < 1.29 is 4.74 Å². The monoisotopic (exact) mass is 276 g/mol. The Kier molecular flexibility index (Phi) is 5.19. The lowest BCUT2D eigenvalue weighted by Crippen LogP contribution is -2.40. The Morgan fingerprint density at radius 2 is 1.65 bits per heavy atom. The summed E-state index contributed by atoms with van der Waals surface area (Å²) in [7, 11) is 0. The summed E-state index contributed by atoms with van der Waals surface area (Å²) < 4.78 is 5.43. The van der Waals surface area contributed by atoms with E-state index in [-0.39, 0.29) is 0 Å². The molecule has 2 rings (SSSR count). The predicted molar refractivity (Wildman–Crippen MR) is 84.4 cm³/mol. The van der Waals surface area contributed by atoms with E-state index < -0.39 is 0 Å². The fourth-order valence-electron chi connectivity index (χ4n) is 3.24. The van der Waals surface area contributed by atoms with Gasteiger partial charge in [-0.1, -0.05) is 6.07 Å². The van der Waals surface area contributed by atoms with Gasteiger partial charge in [0, 0.05) is 32.1 Å². The number of aryl methyl sites for hydroxylation is 2. The number of ether oxygens (including phenoxy) is 1. The summed E-state index contributed by atoms with van der Waals surface area (Å²) in [6.45, 7) is 14.4. The van der Waals surface area contributed by atoms with Crippen molar-refractivity contribution in [1.29, 1.82) is 0 Å². The standard InChI is InChI=1S/C17H28N2O/c1-12-9-13(2)15(4)17(14(12)3)16(10-18)11-19-5-7-20-8-6-19/h9,16H,5-8,10-11,18H2,1-4H3. The SMILES string of the molecule is Cc1cc(C)c(C)c(C(CN)CN2CCOCC2)c1C. The van der Waals surface area contributed by atoms with E-state index in [2.05, 4.69) is 38.7 Å². The highest BCUT2D eigenvalue weighted by Crippen LogP contribution is 2.29. The van der Waals surface area contributed by atoms with Gasteiger partial charge in [-0.25, -0.2) is 0 Å². The molecule has 0 radical (unpaired) electrons. The minimum Gasteiger partial charge on any atom is -0.379 e. The average Bonchev–Trinajstić information content (AvgIpc) is 2.45. The van der Waals surface area contributed by atoms with E-state index in [4.69, 9.17) is 10.5 Å². The van der Waals surface area contributed by atoms with Crippen LogP contribution in [0.5, 0.6) is 0 Å². The van der Waals surface area contributed by atoms with Crippen LogP contribution >= 0.6 is 0 Å². The molecule has 1 atom stereocenters. The van der Waals surface area contributed by atoms with Crippen LogP contribution in [0.25, 0.3) is 0 Å². The lowest BCUT2D eigenvalue weighted by molar-refractivity contribution is 0.0353. The Morgan fingerprint density at radius 1 is 1.10 bits per heavy atom. The Labute approximate surface area is 123 Å². The molecule has 1 fully saturated rings. The van der Waals surface area contributed by atoms with Crippen molar-refractivity contribution in [2.24, 2.45) is 5.73 Å². The molecule has 0 amide bonds. The zero-order chi connectivity index (χ0) is 14.7. The smallest absolute Gasteiger partial charge is 0.0594 e. The highest BCUT2D eigenvalue weighted by Gasteiger charge is 2.21. The van der Waals surface area contributed by atoms with Crippen LogP contribution in [0.2, 0.25) is 0 Å². The normalized spacial score (nSPS) is 18.2. The van der Waals surface area contributed by atoms with Gasteiger partial charge in [-0.3, -0.25) is 4.90 Å². The number of nitrogens with two attached hydrogens (primary N) is 1. The van der Waals surface area contributed by atoms with Gasteiger partial charge in [0.05, 0.1) is 13.2 Å². The van der Waals surface area contributed by atoms with Crippen molar-refractivity contribution in [2.45, 2.75) is 33.6 Å². The summed E-state index contributed by atoms with van der Waals surface area (Å²) >= 11 is 0. The average molecular weight is 276 g/mol. The fourth-order valence-corrected chi connectivity index (χ4v) is 3.24. The van der Waals surface area contributed by atoms with Crippen LogP contribution in [0.1, 0.15) is 33.7 Å². The van der Waals surface area contributed by atoms with Crippen LogP contribution in [-0.2, 0) is 4.74 Å².